The van der Waals surface area contributed by atoms with Crippen LogP contribution in [-0.4, -0.2) is 40.2 Å². The predicted molar refractivity (Wildman–Crippen MR) is 62.4 cm³/mol. The Labute approximate surface area is 99.0 Å². The van der Waals surface area contributed by atoms with Crippen molar-refractivity contribution in [3.05, 3.63) is 11.6 Å². The lowest BCUT2D eigenvalue weighted by molar-refractivity contribution is 0.0552. The highest BCUT2D eigenvalue weighted by Gasteiger charge is 2.24. The summed E-state index contributed by atoms with van der Waals surface area (Å²) in [7, 11) is 0. The third-order valence-electron chi connectivity index (χ3n) is 3.02. The van der Waals surface area contributed by atoms with E-state index in [9.17, 15) is 0 Å². The molecule has 3 heterocycles. The predicted octanol–water partition coefficient (Wildman–Crippen LogP) is 0.576. The van der Waals surface area contributed by atoms with E-state index in [4.69, 9.17) is 4.74 Å². The maximum Gasteiger partial charge on any atom is 0.162 e. The van der Waals surface area contributed by atoms with Gasteiger partial charge >= 0.3 is 0 Å². The van der Waals surface area contributed by atoms with Crippen LogP contribution in [0.3, 0.4) is 0 Å². The Morgan fingerprint density at radius 2 is 2.38 bits per heavy atom. The second kappa shape index (κ2) is 4.73. The van der Waals surface area contributed by atoms with E-state index in [1.54, 1.807) is 0 Å². The molecule has 1 fully saturated rings. The number of thioether (sulfide) groups is 1. The van der Waals surface area contributed by atoms with Gasteiger partial charge in [0.2, 0.25) is 0 Å². The lowest BCUT2D eigenvalue weighted by atomic mass is 10.2. The van der Waals surface area contributed by atoms with Crippen molar-refractivity contribution in [1.82, 2.24) is 20.1 Å². The second-order valence-corrected chi connectivity index (χ2v) is 5.18. The van der Waals surface area contributed by atoms with E-state index in [1.165, 1.54) is 0 Å². The molecule has 16 heavy (non-hydrogen) atoms. The smallest absolute Gasteiger partial charge is 0.162 e. The van der Waals surface area contributed by atoms with Crippen molar-refractivity contribution in [2.24, 2.45) is 0 Å². The Morgan fingerprint density at radius 1 is 1.38 bits per heavy atom. The normalized spacial score (nSPS) is 26.1. The Kier molecular flexibility index (Phi) is 3.12. The summed E-state index contributed by atoms with van der Waals surface area (Å²) in [6.07, 6.45) is 1.12. The summed E-state index contributed by atoms with van der Waals surface area (Å²) in [5.74, 6) is 4.27. The summed E-state index contributed by atoms with van der Waals surface area (Å²) in [4.78, 5) is 0. The van der Waals surface area contributed by atoms with Crippen molar-refractivity contribution in [2.45, 2.75) is 24.8 Å². The van der Waals surface area contributed by atoms with Gasteiger partial charge in [-0.2, -0.15) is 11.8 Å². The average molecular weight is 240 g/mol. The molecule has 1 saturated heterocycles. The van der Waals surface area contributed by atoms with Crippen LogP contribution in [0.1, 0.15) is 24.2 Å². The van der Waals surface area contributed by atoms with Crippen LogP contribution < -0.4 is 5.32 Å². The van der Waals surface area contributed by atoms with E-state index in [1.807, 2.05) is 11.8 Å². The number of ether oxygens (including phenoxy) is 1. The number of nitrogens with one attached hydrogen (secondary N) is 1. The number of fused-ring (bicyclic) bond motifs is 1. The molecule has 88 valence electrons. The zero-order valence-corrected chi connectivity index (χ0v) is 10.0. The first-order chi connectivity index (χ1) is 7.95. The molecule has 1 unspecified atom stereocenters. The average Bonchev–Trinajstić information content (AvgIpc) is 2.57. The van der Waals surface area contributed by atoms with Crippen LogP contribution >= 0.6 is 11.8 Å². The molecule has 2 aliphatic rings. The topological polar surface area (TPSA) is 52.0 Å². The van der Waals surface area contributed by atoms with Crippen LogP contribution in [0, 0.1) is 0 Å². The van der Waals surface area contributed by atoms with E-state index >= 15 is 0 Å². The minimum Gasteiger partial charge on any atom is -0.369 e. The van der Waals surface area contributed by atoms with Crippen molar-refractivity contribution in [3.8, 4) is 0 Å². The molecule has 1 aromatic rings. The minimum absolute atomic E-state index is 0.124. The molecule has 1 N–H and O–H groups in total. The molecule has 0 radical (unpaired) electrons. The lowest BCUT2D eigenvalue weighted by Gasteiger charge is -2.19. The summed E-state index contributed by atoms with van der Waals surface area (Å²) < 4.78 is 8.06. The van der Waals surface area contributed by atoms with E-state index in [2.05, 4.69) is 20.1 Å². The number of rotatable bonds is 1. The monoisotopic (exact) mass is 240 g/mol. The van der Waals surface area contributed by atoms with E-state index in [0.717, 1.165) is 55.8 Å². The highest BCUT2D eigenvalue weighted by atomic mass is 32.2. The molecule has 1 aromatic heterocycles. The van der Waals surface area contributed by atoms with Gasteiger partial charge in [0.15, 0.2) is 5.82 Å². The molecular formula is C10H16N4OS. The molecule has 0 aromatic carbocycles. The summed E-state index contributed by atoms with van der Waals surface area (Å²) in [5.41, 5.74) is 0. The zero-order chi connectivity index (χ0) is 10.8. The third kappa shape index (κ3) is 1.97. The quantitative estimate of drug-likeness (QED) is 0.778. The van der Waals surface area contributed by atoms with Gasteiger partial charge in [0, 0.05) is 18.8 Å². The first-order valence-corrected chi connectivity index (χ1v) is 6.92. The van der Waals surface area contributed by atoms with Crippen LogP contribution in [0.4, 0.5) is 0 Å². The van der Waals surface area contributed by atoms with Gasteiger partial charge in [0.1, 0.15) is 11.9 Å². The van der Waals surface area contributed by atoms with Gasteiger partial charge in [-0.05, 0) is 13.0 Å². The fraction of sp³-hybridized carbons (Fsp3) is 0.800. The molecule has 1 atom stereocenters. The van der Waals surface area contributed by atoms with Gasteiger partial charge in [-0.1, -0.05) is 0 Å². The van der Waals surface area contributed by atoms with Gasteiger partial charge in [0.05, 0.1) is 12.4 Å². The van der Waals surface area contributed by atoms with Gasteiger partial charge in [-0.15, -0.1) is 10.2 Å². The second-order valence-electron chi connectivity index (χ2n) is 4.08. The van der Waals surface area contributed by atoms with Gasteiger partial charge < -0.3 is 14.6 Å². The Morgan fingerprint density at radius 3 is 3.38 bits per heavy atom. The van der Waals surface area contributed by atoms with Crippen molar-refractivity contribution in [2.75, 3.05) is 25.4 Å². The Bertz CT molecular complexity index is 360. The number of nitrogens with zero attached hydrogens (tertiary/aromatic N) is 3. The fourth-order valence-electron chi connectivity index (χ4n) is 2.18. The van der Waals surface area contributed by atoms with Gasteiger partial charge in [-0.25, -0.2) is 0 Å². The van der Waals surface area contributed by atoms with Crippen molar-refractivity contribution in [1.29, 1.82) is 0 Å². The minimum atomic E-state index is 0.124. The van der Waals surface area contributed by atoms with Gasteiger partial charge in [0.25, 0.3) is 0 Å². The SMILES string of the molecule is C1COC(c2nnc3n2CCSC3)CCN1. The lowest BCUT2D eigenvalue weighted by Crippen LogP contribution is -2.18. The summed E-state index contributed by atoms with van der Waals surface area (Å²) in [6, 6.07) is 0. The molecule has 0 aliphatic carbocycles. The molecule has 0 saturated carbocycles. The largest absolute Gasteiger partial charge is 0.369 e. The Hall–Kier alpha value is -0.590. The number of hydrogen-bond donors (Lipinski definition) is 1. The van der Waals surface area contributed by atoms with Crippen molar-refractivity contribution < 1.29 is 4.74 Å². The van der Waals surface area contributed by atoms with Crippen LogP contribution in [0.25, 0.3) is 0 Å². The fourth-order valence-corrected chi connectivity index (χ4v) is 3.03. The summed E-state index contributed by atoms with van der Waals surface area (Å²) >= 11 is 1.93. The van der Waals surface area contributed by atoms with Crippen LogP contribution in [-0.2, 0) is 17.0 Å². The van der Waals surface area contributed by atoms with Crippen molar-refractivity contribution >= 4 is 11.8 Å². The summed E-state index contributed by atoms with van der Waals surface area (Å²) in [6.45, 7) is 3.73. The van der Waals surface area contributed by atoms with Crippen LogP contribution in [0.5, 0.6) is 0 Å². The maximum atomic E-state index is 5.82. The van der Waals surface area contributed by atoms with E-state index in [-0.39, 0.29) is 6.10 Å². The van der Waals surface area contributed by atoms with E-state index < -0.39 is 0 Å². The first kappa shape index (κ1) is 10.6. The maximum absolute atomic E-state index is 5.82. The zero-order valence-electron chi connectivity index (χ0n) is 9.19. The van der Waals surface area contributed by atoms with Gasteiger partial charge in [-0.3, -0.25) is 0 Å². The molecule has 5 nitrogen and oxygen atoms in total. The van der Waals surface area contributed by atoms with E-state index in [0.29, 0.717) is 0 Å². The third-order valence-corrected chi connectivity index (χ3v) is 3.95. The highest BCUT2D eigenvalue weighted by molar-refractivity contribution is 7.98. The molecule has 2 aliphatic heterocycles. The molecule has 6 heteroatoms. The molecule has 0 spiro atoms. The molecule has 3 rings (SSSR count). The summed E-state index contributed by atoms with van der Waals surface area (Å²) in [5, 5.41) is 11.9. The Balaban J connectivity index is 1.84. The van der Waals surface area contributed by atoms with Crippen LogP contribution in [0.15, 0.2) is 0 Å². The molecular weight excluding hydrogens is 224 g/mol. The first-order valence-electron chi connectivity index (χ1n) is 5.77. The molecule has 0 bridgehead atoms. The molecule has 0 amide bonds. The number of aromatic nitrogens is 3. The van der Waals surface area contributed by atoms with Crippen molar-refractivity contribution in [3.63, 3.8) is 0 Å². The standard InChI is InChI=1S/C10H16N4OS/c1-2-11-3-5-15-8(1)10-13-12-9-7-16-6-4-14(9)10/h8,11H,1-7H2. The highest BCUT2D eigenvalue weighted by Crippen LogP contribution is 2.25. The number of hydrogen-bond acceptors (Lipinski definition) is 5. The van der Waals surface area contributed by atoms with Crippen LogP contribution in [0.2, 0.25) is 0 Å².